The zero-order valence-electron chi connectivity index (χ0n) is 9.54. The minimum absolute atomic E-state index is 0.203. The van der Waals surface area contributed by atoms with E-state index < -0.39 is 12.0 Å². The van der Waals surface area contributed by atoms with Crippen molar-refractivity contribution in [3.05, 3.63) is 18.2 Å². The van der Waals surface area contributed by atoms with E-state index in [2.05, 4.69) is 15.3 Å². The van der Waals surface area contributed by atoms with E-state index in [9.17, 15) is 9.59 Å². The molecule has 1 rings (SSSR count). The van der Waals surface area contributed by atoms with E-state index in [4.69, 9.17) is 15.6 Å². The Morgan fingerprint density at radius 1 is 1.56 bits per heavy atom. The number of aromatic nitrogens is 2. The normalized spacial score (nSPS) is 9.94. The number of aliphatic carboxylic acids is 1. The molecule has 0 aliphatic carbocycles. The molecule has 0 bridgehead atoms. The lowest BCUT2D eigenvalue weighted by molar-refractivity contribution is -0.141. The molecule has 0 spiro atoms. The fourth-order valence-electron chi connectivity index (χ4n) is 1.06. The Bertz CT molecular complexity index is 457. The molecule has 0 saturated heterocycles. The molecule has 3 N–H and O–H groups in total. The van der Waals surface area contributed by atoms with E-state index >= 15 is 0 Å². The number of rotatable bonds is 4. The molecule has 94 valence electrons. The molecule has 0 aliphatic rings. The number of nitriles is 2. The van der Waals surface area contributed by atoms with Gasteiger partial charge in [0.2, 0.25) is 5.91 Å². The van der Waals surface area contributed by atoms with E-state index in [1.165, 1.54) is 31.6 Å². The summed E-state index contributed by atoms with van der Waals surface area (Å²) < 4.78 is 0. The maximum atomic E-state index is 10.7. The maximum Gasteiger partial charge on any atom is 0.326 e. The number of carbonyl (C=O) groups excluding carboxylic acids is 1. The quantitative estimate of drug-likeness (QED) is 0.660. The summed E-state index contributed by atoms with van der Waals surface area (Å²) in [6, 6.07) is 1.56. The molecule has 18 heavy (non-hydrogen) atoms. The molecule has 0 unspecified atom stereocenters. The second-order valence-corrected chi connectivity index (χ2v) is 3.10. The largest absolute Gasteiger partial charge is 0.480 e. The summed E-state index contributed by atoms with van der Waals surface area (Å²) in [6.07, 6.45) is 3.19. The van der Waals surface area contributed by atoms with Gasteiger partial charge in [0.1, 0.15) is 6.04 Å². The molecule has 1 aromatic rings. The third-order valence-corrected chi connectivity index (χ3v) is 1.70. The zero-order valence-corrected chi connectivity index (χ0v) is 9.54. The van der Waals surface area contributed by atoms with Crippen LogP contribution in [-0.2, 0) is 16.0 Å². The Morgan fingerprint density at radius 2 is 2.17 bits per heavy atom. The number of nitrogens with one attached hydrogen (secondary N) is 2. The fraction of sp³-hybridized carbons (Fsp3) is 0.300. The topological polar surface area (TPSA) is 143 Å². The predicted molar refractivity (Wildman–Crippen MR) is 58.8 cm³/mol. The number of aromatic amines is 1. The average Bonchev–Trinajstić information content (AvgIpc) is 2.80. The highest BCUT2D eigenvalue weighted by Gasteiger charge is 2.18. The minimum Gasteiger partial charge on any atom is -0.480 e. The van der Waals surface area contributed by atoms with Gasteiger partial charge in [-0.15, -0.1) is 0 Å². The predicted octanol–water partition coefficient (Wildman–Crippen LogP) is -0.425. The Morgan fingerprint density at radius 3 is 2.50 bits per heavy atom. The number of carbonyl (C=O) groups is 2. The lowest BCUT2D eigenvalue weighted by Crippen LogP contribution is -2.41. The van der Waals surface area contributed by atoms with Gasteiger partial charge in [0.15, 0.2) is 12.1 Å². The van der Waals surface area contributed by atoms with Crippen LogP contribution in [0.4, 0.5) is 0 Å². The monoisotopic (exact) mass is 249 g/mol. The number of nitrogens with zero attached hydrogens (tertiary/aromatic N) is 3. The van der Waals surface area contributed by atoms with Crippen LogP contribution in [0, 0.1) is 22.7 Å². The first-order chi connectivity index (χ1) is 8.51. The summed E-state index contributed by atoms with van der Waals surface area (Å²) in [4.78, 5) is 27.9. The number of hydrogen-bond donors (Lipinski definition) is 3. The fourth-order valence-corrected chi connectivity index (χ4v) is 1.06. The van der Waals surface area contributed by atoms with Crippen LogP contribution in [0.15, 0.2) is 12.5 Å². The summed E-state index contributed by atoms with van der Waals surface area (Å²) >= 11 is 0. The third kappa shape index (κ3) is 6.58. The highest BCUT2D eigenvalue weighted by Crippen LogP contribution is 1.98. The number of imidazole rings is 1. The Hall–Kier alpha value is -2.87. The average molecular weight is 249 g/mol. The molecule has 0 fully saturated rings. The molecule has 0 radical (unpaired) electrons. The van der Waals surface area contributed by atoms with E-state index in [0.29, 0.717) is 5.69 Å². The van der Waals surface area contributed by atoms with Gasteiger partial charge in [-0.3, -0.25) is 4.79 Å². The van der Waals surface area contributed by atoms with Crippen LogP contribution in [0.5, 0.6) is 0 Å². The van der Waals surface area contributed by atoms with E-state index in [-0.39, 0.29) is 12.3 Å². The summed E-state index contributed by atoms with van der Waals surface area (Å²) in [5.74, 6) is -1.42. The zero-order chi connectivity index (χ0) is 14.0. The second kappa shape index (κ2) is 8.30. The van der Waals surface area contributed by atoms with Crippen LogP contribution < -0.4 is 5.32 Å². The number of amides is 1. The van der Waals surface area contributed by atoms with Gasteiger partial charge >= 0.3 is 5.97 Å². The van der Waals surface area contributed by atoms with Crippen molar-refractivity contribution in [2.45, 2.75) is 19.4 Å². The van der Waals surface area contributed by atoms with Crippen LogP contribution in [0.25, 0.3) is 0 Å². The third-order valence-electron chi connectivity index (χ3n) is 1.70. The maximum absolute atomic E-state index is 10.7. The summed E-state index contributed by atoms with van der Waals surface area (Å²) in [5.41, 5.74) is 0.672. The van der Waals surface area contributed by atoms with Crippen LogP contribution in [-0.4, -0.2) is 33.0 Å². The molecule has 1 aromatic heterocycles. The summed E-state index contributed by atoms with van der Waals surface area (Å²) in [7, 11) is 0. The van der Waals surface area contributed by atoms with Crippen molar-refractivity contribution >= 4 is 11.9 Å². The minimum atomic E-state index is -1.06. The molecule has 0 aliphatic heterocycles. The first-order valence-electron chi connectivity index (χ1n) is 4.76. The van der Waals surface area contributed by atoms with Gasteiger partial charge in [0.05, 0.1) is 6.33 Å². The van der Waals surface area contributed by atoms with Gasteiger partial charge < -0.3 is 15.4 Å². The van der Waals surface area contributed by atoms with Crippen LogP contribution in [0.3, 0.4) is 0 Å². The van der Waals surface area contributed by atoms with Gasteiger partial charge in [-0.1, -0.05) is 0 Å². The van der Waals surface area contributed by atoms with Crippen molar-refractivity contribution in [3.8, 4) is 12.1 Å². The molecule has 0 saturated carbocycles. The van der Waals surface area contributed by atoms with Crippen molar-refractivity contribution in [1.29, 1.82) is 10.5 Å². The highest BCUT2D eigenvalue weighted by molar-refractivity contribution is 5.82. The molecule has 8 heteroatoms. The van der Waals surface area contributed by atoms with Gasteiger partial charge in [-0.2, -0.15) is 10.5 Å². The molecule has 0 aromatic carbocycles. The number of H-pyrrole nitrogens is 1. The van der Waals surface area contributed by atoms with Crippen LogP contribution in [0.2, 0.25) is 0 Å². The molecule has 1 atom stereocenters. The van der Waals surface area contributed by atoms with Gasteiger partial charge in [-0.05, 0) is 0 Å². The molecular weight excluding hydrogens is 238 g/mol. The van der Waals surface area contributed by atoms with Gasteiger partial charge in [-0.25, -0.2) is 9.78 Å². The van der Waals surface area contributed by atoms with Crippen LogP contribution >= 0.6 is 0 Å². The Balaban J connectivity index is 0.000000631. The number of hydrogen-bond acceptors (Lipinski definition) is 5. The lowest BCUT2D eigenvalue weighted by atomic mass is 10.1. The van der Waals surface area contributed by atoms with E-state index in [1.54, 1.807) is 0 Å². The smallest absolute Gasteiger partial charge is 0.326 e. The first kappa shape index (κ1) is 15.1. The van der Waals surface area contributed by atoms with E-state index in [0.717, 1.165) is 0 Å². The SMILES string of the molecule is CC(=O)N[C@@H](Cc1cnc[nH]1)C(=O)O.N#CC#N. The first-order valence-corrected chi connectivity index (χ1v) is 4.76. The second-order valence-electron chi connectivity index (χ2n) is 3.10. The van der Waals surface area contributed by atoms with Crippen molar-refractivity contribution in [2.75, 3.05) is 0 Å². The molecular formula is C10H11N5O3. The van der Waals surface area contributed by atoms with Crippen LogP contribution in [0.1, 0.15) is 12.6 Å². The highest BCUT2D eigenvalue weighted by atomic mass is 16.4. The number of carboxylic acids is 1. The van der Waals surface area contributed by atoms with Crippen molar-refractivity contribution < 1.29 is 14.7 Å². The summed E-state index contributed by atoms with van der Waals surface area (Å²) in [6.45, 7) is 1.28. The van der Waals surface area contributed by atoms with Gasteiger partial charge in [0.25, 0.3) is 0 Å². The lowest BCUT2D eigenvalue weighted by Gasteiger charge is -2.11. The molecule has 8 nitrogen and oxygen atoms in total. The van der Waals surface area contributed by atoms with E-state index in [1.807, 2.05) is 0 Å². The Kier molecular flexibility index (Phi) is 6.98. The standard InChI is InChI=1S/C8H11N3O3.C2N2/c1-5(12)11-7(8(13)14)2-6-3-9-4-10-6;3-1-2-4/h3-4,7H,2H2,1H3,(H,9,10)(H,11,12)(H,13,14);/t7-;/m0./s1. The van der Waals surface area contributed by atoms with Gasteiger partial charge in [0, 0.05) is 25.2 Å². The van der Waals surface area contributed by atoms with Crippen molar-refractivity contribution in [3.63, 3.8) is 0 Å². The van der Waals surface area contributed by atoms with Crippen molar-refractivity contribution in [1.82, 2.24) is 15.3 Å². The summed E-state index contributed by atoms with van der Waals surface area (Å²) in [5, 5.41) is 25.6. The molecule has 1 heterocycles. The number of carboxylic acid groups (broad SMARTS) is 1. The molecule has 1 amide bonds. The van der Waals surface area contributed by atoms with Crippen molar-refractivity contribution in [2.24, 2.45) is 0 Å². The Labute approximate surface area is 103 Å².